The second-order valence-electron chi connectivity index (χ2n) is 4.74. The first-order valence-corrected chi connectivity index (χ1v) is 7.07. The molecule has 0 spiro atoms. The molecular formula is C13H20ClN3O. The Hall–Kier alpha value is -0.870. The first-order valence-electron chi connectivity index (χ1n) is 6.69. The summed E-state index contributed by atoms with van der Waals surface area (Å²) in [6.45, 7) is 5.94. The van der Waals surface area contributed by atoms with Gasteiger partial charge in [-0.15, -0.1) is 0 Å². The van der Waals surface area contributed by atoms with E-state index < -0.39 is 0 Å². The maximum atomic E-state index is 11.9. The maximum absolute atomic E-state index is 11.9. The van der Waals surface area contributed by atoms with Gasteiger partial charge in [0.2, 0.25) is 0 Å². The number of likely N-dealkylation sites (tertiary alicyclic amines) is 1. The summed E-state index contributed by atoms with van der Waals surface area (Å²) in [6.07, 6.45) is 4.61. The summed E-state index contributed by atoms with van der Waals surface area (Å²) >= 11 is 5.81. The van der Waals surface area contributed by atoms with Crippen LogP contribution in [0, 0.1) is 0 Å². The summed E-state index contributed by atoms with van der Waals surface area (Å²) in [6, 6.07) is 1.40. The van der Waals surface area contributed by atoms with Gasteiger partial charge in [0.05, 0.1) is 0 Å². The summed E-state index contributed by atoms with van der Waals surface area (Å²) in [5.41, 5.74) is -0.0381. The molecule has 0 N–H and O–H groups in total. The number of aryl methyl sites for hydroxylation is 1. The van der Waals surface area contributed by atoms with Crippen LogP contribution in [0.1, 0.15) is 32.0 Å². The van der Waals surface area contributed by atoms with E-state index in [1.54, 1.807) is 4.57 Å². The van der Waals surface area contributed by atoms with Crippen LogP contribution in [0.25, 0.3) is 0 Å². The summed E-state index contributed by atoms with van der Waals surface area (Å²) < 4.78 is 1.75. The van der Waals surface area contributed by atoms with Crippen molar-refractivity contribution in [2.75, 3.05) is 19.6 Å². The van der Waals surface area contributed by atoms with Crippen LogP contribution in [0.4, 0.5) is 0 Å². The highest BCUT2D eigenvalue weighted by Gasteiger charge is 2.12. The lowest BCUT2D eigenvalue weighted by Gasteiger charge is -2.26. The molecule has 1 aromatic rings. The molecule has 1 saturated heterocycles. The van der Waals surface area contributed by atoms with Gasteiger partial charge in [0.25, 0.3) is 5.56 Å². The molecule has 0 aromatic carbocycles. The van der Waals surface area contributed by atoms with Crippen molar-refractivity contribution in [3.8, 4) is 0 Å². The Labute approximate surface area is 113 Å². The van der Waals surface area contributed by atoms with Crippen molar-refractivity contribution in [1.82, 2.24) is 14.5 Å². The molecular weight excluding hydrogens is 250 g/mol. The summed E-state index contributed by atoms with van der Waals surface area (Å²) in [5, 5.41) is 0.297. The summed E-state index contributed by atoms with van der Waals surface area (Å²) in [5.74, 6) is 0.782. The van der Waals surface area contributed by atoms with E-state index in [-0.39, 0.29) is 5.56 Å². The van der Waals surface area contributed by atoms with Crippen molar-refractivity contribution in [1.29, 1.82) is 0 Å². The molecule has 0 unspecified atom stereocenters. The van der Waals surface area contributed by atoms with Gasteiger partial charge in [0.15, 0.2) is 0 Å². The Kier molecular flexibility index (Phi) is 4.78. The van der Waals surface area contributed by atoms with Crippen LogP contribution in [0.2, 0.25) is 5.15 Å². The second-order valence-corrected chi connectivity index (χ2v) is 5.13. The first kappa shape index (κ1) is 13.6. The Morgan fingerprint density at radius 2 is 2.00 bits per heavy atom. The fourth-order valence-corrected chi connectivity index (χ4v) is 2.65. The average molecular weight is 270 g/mol. The molecule has 4 nitrogen and oxygen atoms in total. The molecule has 1 aliphatic rings. The normalized spacial score (nSPS) is 17.0. The third-order valence-electron chi connectivity index (χ3n) is 3.46. The molecule has 0 bridgehead atoms. The van der Waals surface area contributed by atoms with Crippen LogP contribution < -0.4 is 5.56 Å². The molecule has 100 valence electrons. The third kappa shape index (κ3) is 3.33. The number of hydrogen-bond acceptors (Lipinski definition) is 3. The van der Waals surface area contributed by atoms with Gasteiger partial charge in [-0.05, 0) is 25.9 Å². The molecule has 0 amide bonds. The molecule has 2 heterocycles. The van der Waals surface area contributed by atoms with E-state index in [1.165, 1.54) is 25.3 Å². The monoisotopic (exact) mass is 269 g/mol. The standard InChI is InChI=1S/C13H20ClN3O/c1-2-12-15-11(14)10-13(18)17(12)9-8-16-6-4-3-5-7-16/h10H,2-9H2,1H3. The minimum atomic E-state index is -0.0381. The van der Waals surface area contributed by atoms with Crippen LogP contribution in [0.5, 0.6) is 0 Å². The third-order valence-corrected chi connectivity index (χ3v) is 3.65. The Bertz CT molecular complexity index is 452. The molecule has 18 heavy (non-hydrogen) atoms. The molecule has 0 radical (unpaired) electrons. The van der Waals surface area contributed by atoms with E-state index in [0.29, 0.717) is 11.7 Å². The van der Waals surface area contributed by atoms with Crippen LogP contribution in [0.3, 0.4) is 0 Å². The van der Waals surface area contributed by atoms with Crippen molar-refractivity contribution < 1.29 is 0 Å². The number of nitrogens with zero attached hydrogens (tertiary/aromatic N) is 3. The van der Waals surface area contributed by atoms with Crippen molar-refractivity contribution >= 4 is 11.6 Å². The van der Waals surface area contributed by atoms with Gasteiger partial charge >= 0.3 is 0 Å². The lowest BCUT2D eigenvalue weighted by Crippen LogP contribution is -2.35. The largest absolute Gasteiger partial charge is 0.302 e. The molecule has 1 aromatic heterocycles. The molecule has 0 aliphatic carbocycles. The highest BCUT2D eigenvalue weighted by molar-refractivity contribution is 6.29. The smallest absolute Gasteiger partial charge is 0.255 e. The lowest BCUT2D eigenvalue weighted by atomic mass is 10.1. The van der Waals surface area contributed by atoms with E-state index in [2.05, 4.69) is 9.88 Å². The van der Waals surface area contributed by atoms with Gasteiger partial charge in [0, 0.05) is 25.6 Å². The topological polar surface area (TPSA) is 38.1 Å². The predicted octanol–water partition coefficient (Wildman–Crippen LogP) is 1.95. The Morgan fingerprint density at radius 3 is 2.67 bits per heavy atom. The second kappa shape index (κ2) is 6.34. The predicted molar refractivity (Wildman–Crippen MR) is 73.2 cm³/mol. The SMILES string of the molecule is CCc1nc(Cl)cc(=O)n1CCN1CCCCC1. The van der Waals surface area contributed by atoms with Crippen molar-refractivity contribution in [3.63, 3.8) is 0 Å². The molecule has 1 aliphatic heterocycles. The molecule has 0 atom stereocenters. The van der Waals surface area contributed by atoms with Crippen molar-refractivity contribution in [3.05, 3.63) is 27.4 Å². The lowest BCUT2D eigenvalue weighted by molar-refractivity contribution is 0.219. The number of rotatable bonds is 4. The van der Waals surface area contributed by atoms with Crippen LogP contribution >= 0.6 is 11.6 Å². The number of piperidine rings is 1. The molecule has 1 fully saturated rings. The van der Waals surface area contributed by atoms with Gasteiger partial charge in [0.1, 0.15) is 11.0 Å². The molecule has 2 rings (SSSR count). The zero-order valence-corrected chi connectivity index (χ0v) is 11.6. The average Bonchev–Trinajstić information content (AvgIpc) is 2.38. The zero-order chi connectivity index (χ0) is 13.0. The van der Waals surface area contributed by atoms with Gasteiger partial charge < -0.3 is 4.90 Å². The summed E-state index contributed by atoms with van der Waals surface area (Å²) in [4.78, 5) is 18.6. The fraction of sp³-hybridized carbons (Fsp3) is 0.692. The fourth-order valence-electron chi connectivity index (χ4n) is 2.46. The Morgan fingerprint density at radius 1 is 1.28 bits per heavy atom. The van der Waals surface area contributed by atoms with E-state index in [4.69, 9.17) is 11.6 Å². The van der Waals surface area contributed by atoms with E-state index in [0.717, 1.165) is 31.9 Å². The highest BCUT2D eigenvalue weighted by atomic mass is 35.5. The first-order chi connectivity index (χ1) is 8.70. The van der Waals surface area contributed by atoms with Crippen LogP contribution in [-0.4, -0.2) is 34.1 Å². The van der Waals surface area contributed by atoms with Gasteiger partial charge in [-0.25, -0.2) is 4.98 Å². The number of halogens is 1. The minimum absolute atomic E-state index is 0.0381. The number of aromatic nitrogens is 2. The van der Waals surface area contributed by atoms with Crippen molar-refractivity contribution in [2.45, 2.75) is 39.2 Å². The van der Waals surface area contributed by atoms with Crippen molar-refractivity contribution in [2.24, 2.45) is 0 Å². The van der Waals surface area contributed by atoms with Gasteiger partial charge in [-0.1, -0.05) is 24.9 Å². The van der Waals surface area contributed by atoms with Gasteiger partial charge in [-0.2, -0.15) is 0 Å². The maximum Gasteiger partial charge on any atom is 0.255 e. The summed E-state index contributed by atoms with van der Waals surface area (Å²) in [7, 11) is 0. The minimum Gasteiger partial charge on any atom is -0.302 e. The van der Waals surface area contributed by atoms with E-state index in [1.807, 2.05) is 6.92 Å². The molecule has 5 heteroatoms. The molecule has 0 saturated carbocycles. The van der Waals surface area contributed by atoms with Crippen LogP contribution in [-0.2, 0) is 13.0 Å². The number of hydrogen-bond donors (Lipinski definition) is 0. The zero-order valence-electron chi connectivity index (χ0n) is 10.9. The van der Waals surface area contributed by atoms with E-state index in [9.17, 15) is 4.79 Å². The van der Waals surface area contributed by atoms with Gasteiger partial charge in [-0.3, -0.25) is 9.36 Å². The van der Waals surface area contributed by atoms with E-state index >= 15 is 0 Å². The highest BCUT2D eigenvalue weighted by Crippen LogP contribution is 2.09. The van der Waals surface area contributed by atoms with Crippen LogP contribution in [0.15, 0.2) is 10.9 Å². The quantitative estimate of drug-likeness (QED) is 0.784. The Balaban J connectivity index is 2.06.